The number of halogens is 1. The fourth-order valence-corrected chi connectivity index (χ4v) is 7.09. The SMILES string of the molecule is CCc1nc2ccc(C3=CCN(S(=O)(=O)CCCOC(C)=O)CC3)cn2c1N(C)c1nc(-c2ccc(F)cc2)cs1. The normalized spacial score (nSPS) is 14.3. The van der Waals surface area contributed by atoms with Crippen LogP contribution in [-0.2, 0) is 26.0 Å². The summed E-state index contributed by atoms with van der Waals surface area (Å²) < 4.78 is 47.3. The molecule has 0 saturated carbocycles. The van der Waals surface area contributed by atoms with Gasteiger partial charge in [-0.1, -0.05) is 13.0 Å². The van der Waals surface area contributed by atoms with Gasteiger partial charge < -0.3 is 9.64 Å². The van der Waals surface area contributed by atoms with Gasteiger partial charge in [-0.05, 0) is 66.8 Å². The third kappa shape index (κ3) is 6.34. The van der Waals surface area contributed by atoms with Crippen molar-refractivity contribution in [1.29, 1.82) is 0 Å². The third-order valence-corrected chi connectivity index (χ3v) is 9.86. The van der Waals surface area contributed by atoms with Gasteiger partial charge in [-0.2, -0.15) is 4.31 Å². The predicted octanol–water partition coefficient (Wildman–Crippen LogP) is 5.30. The van der Waals surface area contributed by atoms with E-state index in [9.17, 15) is 17.6 Å². The van der Waals surface area contributed by atoms with Crippen LogP contribution in [0, 0.1) is 5.82 Å². The summed E-state index contributed by atoms with van der Waals surface area (Å²) in [6.07, 6.45) is 5.61. The van der Waals surface area contributed by atoms with Crippen molar-refractivity contribution in [3.8, 4) is 11.3 Å². The van der Waals surface area contributed by atoms with Gasteiger partial charge in [0.1, 0.15) is 17.3 Å². The number of sulfonamides is 1. The van der Waals surface area contributed by atoms with Crippen molar-refractivity contribution in [3.05, 3.63) is 71.1 Å². The van der Waals surface area contributed by atoms with Gasteiger partial charge in [-0.25, -0.2) is 22.8 Å². The average Bonchev–Trinajstić information content (AvgIpc) is 3.60. The second-order valence-corrected chi connectivity index (χ2v) is 12.7. The largest absolute Gasteiger partial charge is 0.466 e. The van der Waals surface area contributed by atoms with E-state index >= 15 is 0 Å². The smallest absolute Gasteiger partial charge is 0.302 e. The summed E-state index contributed by atoms with van der Waals surface area (Å²) in [5.74, 6) is 0.163. The van der Waals surface area contributed by atoms with Gasteiger partial charge in [0.05, 0.1) is 23.7 Å². The van der Waals surface area contributed by atoms with E-state index in [0.29, 0.717) is 19.5 Å². The molecule has 4 aromatic rings. The van der Waals surface area contributed by atoms with Crippen molar-refractivity contribution < 1.29 is 22.3 Å². The lowest BCUT2D eigenvalue weighted by molar-refractivity contribution is -0.140. The van der Waals surface area contributed by atoms with E-state index in [0.717, 1.165) is 51.1 Å². The molecular formula is C29H32FN5O4S2. The summed E-state index contributed by atoms with van der Waals surface area (Å²) >= 11 is 1.51. The summed E-state index contributed by atoms with van der Waals surface area (Å²) in [5, 5.41) is 2.75. The number of aryl methyl sites for hydroxylation is 1. The number of imidazole rings is 1. The Hall–Kier alpha value is -3.61. The average molecular weight is 598 g/mol. The number of carbonyl (C=O) groups excluding carboxylic acids is 1. The Morgan fingerprint density at radius 3 is 2.59 bits per heavy atom. The summed E-state index contributed by atoms with van der Waals surface area (Å²) in [6.45, 7) is 4.16. The molecule has 1 aliphatic heterocycles. The van der Waals surface area contributed by atoms with Gasteiger partial charge in [0, 0.05) is 44.2 Å². The maximum atomic E-state index is 13.4. The van der Waals surface area contributed by atoms with E-state index in [1.54, 1.807) is 12.1 Å². The Bertz CT molecular complexity index is 1700. The van der Waals surface area contributed by atoms with Crippen molar-refractivity contribution in [2.24, 2.45) is 0 Å². The number of carbonyl (C=O) groups is 1. The van der Waals surface area contributed by atoms with Crippen LogP contribution >= 0.6 is 11.3 Å². The first-order valence-electron chi connectivity index (χ1n) is 13.4. The molecular weight excluding hydrogens is 565 g/mol. The van der Waals surface area contributed by atoms with Crippen LogP contribution in [0.4, 0.5) is 15.3 Å². The summed E-state index contributed by atoms with van der Waals surface area (Å²) in [7, 11) is -1.47. The molecule has 0 atom stereocenters. The molecule has 5 rings (SSSR count). The fourth-order valence-electron chi connectivity index (χ4n) is 4.88. The van der Waals surface area contributed by atoms with Gasteiger partial charge in [0.15, 0.2) is 5.13 Å². The van der Waals surface area contributed by atoms with Crippen molar-refractivity contribution >= 4 is 49.5 Å². The molecule has 0 unspecified atom stereocenters. The standard InChI is InChI=1S/C29H32FN5O4S2/c1-4-25-28(33(3)29-32-26(19-40-29)22-6-9-24(30)10-7-22)35-18-23(8-11-27(35)31-25)21-12-14-34(15-13-21)41(37,38)17-5-16-39-20(2)36/h6-12,18-19H,4-5,13-17H2,1-3H3. The molecule has 0 bridgehead atoms. The monoisotopic (exact) mass is 597 g/mol. The highest BCUT2D eigenvalue weighted by molar-refractivity contribution is 7.89. The van der Waals surface area contributed by atoms with Gasteiger partial charge in [0.25, 0.3) is 0 Å². The zero-order valence-corrected chi connectivity index (χ0v) is 24.8. The van der Waals surface area contributed by atoms with Crippen molar-refractivity contribution in [3.63, 3.8) is 0 Å². The number of hydrogen-bond donors (Lipinski definition) is 0. The third-order valence-electron chi connectivity index (χ3n) is 7.02. The molecule has 3 aromatic heterocycles. The summed E-state index contributed by atoms with van der Waals surface area (Å²) in [6, 6.07) is 10.3. The highest BCUT2D eigenvalue weighted by atomic mass is 32.2. The Labute approximate surface area is 243 Å². The number of hydrogen-bond acceptors (Lipinski definition) is 8. The van der Waals surface area contributed by atoms with E-state index in [-0.39, 0.29) is 24.6 Å². The highest BCUT2D eigenvalue weighted by Gasteiger charge is 2.25. The van der Waals surface area contributed by atoms with Gasteiger partial charge in [-0.3, -0.25) is 9.20 Å². The molecule has 0 radical (unpaired) electrons. The maximum Gasteiger partial charge on any atom is 0.302 e. The number of rotatable bonds is 10. The molecule has 12 heteroatoms. The molecule has 4 heterocycles. The number of benzene rings is 1. The van der Waals surface area contributed by atoms with Crippen molar-refractivity contribution in [1.82, 2.24) is 18.7 Å². The Morgan fingerprint density at radius 1 is 1.15 bits per heavy atom. The van der Waals surface area contributed by atoms with Crippen LogP contribution in [-0.4, -0.2) is 65.6 Å². The number of aromatic nitrogens is 3. The lowest BCUT2D eigenvalue weighted by Gasteiger charge is -2.26. The van der Waals surface area contributed by atoms with Crippen LogP contribution in [0.15, 0.2) is 54.1 Å². The molecule has 0 amide bonds. The predicted molar refractivity (Wildman–Crippen MR) is 159 cm³/mol. The second kappa shape index (κ2) is 12.1. The van der Waals surface area contributed by atoms with Crippen LogP contribution in [0.25, 0.3) is 22.5 Å². The lowest BCUT2D eigenvalue weighted by Crippen LogP contribution is -2.36. The van der Waals surface area contributed by atoms with Crippen LogP contribution in [0.2, 0.25) is 0 Å². The molecule has 0 N–H and O–H groups in total. The molecule has 41 heavy (non-hydrogen) atoms. The van der Waals surface area contributed by atoms with E-state index in [1.807, 2.05) is 35.5 Å². The van der Waals surface area contributed by atoms with Crippen LogP contribution < -0.4 is 4.90 Å². The van der Waals surface area contributed by atoms with E-state index in [4.69, 9.17) is 14.7 Å². The first-order chi connectivity index (χ1) is 19.7. The molecule has 0 spiro atoms. The number of nitrogens with zero attached hydrogens (tertiary/aromatic N) is 5. The molecule has 9 nitrogen and oxygen atoms in total. The highest BCUT2D eigenvalue weighted by Crippen LogP contribution is 2.34. The minimum atomic E-state index is -3.44. The van der Waals surface area contributed by atoms with E-state index < -0.39 is 16.0 Å². The topological polar surface area (TPSA) is 97.1 Å². The molecule has 216 valence electrons. The van der Waals surface area contributed by atoms with E-state index in [1.165, 1.54) is 34.7 Å². The molecule has 1 aromatic carbocycles. The molecule has 0 aliphatic carbocycles. The minimum Gasteiger partial charge on any atom is -0.466 e. The Balaban J connectivity index is 1.37. The van der Waals surface area contributed by atoms with Crippen LogP contribution in [0.3, 0.4) is 0 Å². The van der Waals surface area contributed by atoms with E-state index in [2.05, 4.69) is 17.5 Å². The van der Waals surface area contributed by atoms with Crippen molar-refractivity contribution in [2.45, 2.75) is 33.1 Å². The number of fused-ring (bicyclic) bond motifs is 1. The number of pyridine rings is 1. The van der Waals surface area contributed by atoms with Crippen LogP contribution in [0.5, 0.6) is 0 Å². The van der Waals surface area contributed by atoms with Crippen molar-refractivity contribution in [2.75, 3.05) is 37.4 Å². The summed E-state index contributed by atoms with van der Waals surface area (Å²) in [4.78, 5) is 22.6. The van der Waals surface area contributed by atoms with Crippen LogP contribution in [0.1, 0.15) is 37.9 Å². The maximum absolute atomic E-state index is 13.4. The Morgan fingerprint density at radius 2 is 1.90 bits per heavy atom. The second-order valence-electron chi connectivity index (χ2n) is 9.81. The zero-order valence-electron chi connectivity index (χ0n) is 23.2. The fraction of sp³-hybridized carbons (Fsp3) is 0.345. The minimum absolute atomic E-state index is 0.0560. The Kier molecular flexibility index (Phi) is 8.52. The zero-order chi connectivity index (χ0) is 29.1. The lowest BCUT2D eigenvalue weighted by atomic mass is 10.0. The molecule has 1 aliphatic rings. The summed E-state index contributed by atoms with van der Waals surface area (Å²) in [5.41, 5.74) is 5.46. The first kappa shape index (κ1) is 28.9. The number of esters is 1. The van der Waals surface area contributed by atoms with Gasteiger partial charge in [0.2, 0.25) is 10.0 Å². The molecule has 0 saturated heterocycles. The number of ether oxygens (including phenoxy) is 1. The quantitative estimate of drug-likeness (QED) is 0.181. The van der Waals surface area contributed by atoms with Gasteiger partial charge in [-0.15, -0.1) is 11.3 Å². The molecule has 0 fully saturated rings. The number of thiazole rings is 1. The number of anilines is 2. The van der Waals surface area contributed by atoms with Gasteiger partial charge >= 0.3 is 5.97 Å². The first-order valence-corrected chi connectivity index (χ1v) is 15.9.